The molecule has 1 rings (SSSR count). The number of aromatic nitrogens is 1. The molecule has 0 bridgehead atoms. The van der Waals surface area contributed by atoms with E-state index in [2.05, 4.69) is 43.4 Å². The van der Waals surface area contributed by atoms with Crippen molar-refractivity contribution >= 4 is 16.5 Å². The second-order valence-corrected chi connectivity index (χ2v) is 5.93. The minimum absolute atomic E-state index is 0.126. The van der Waals surface area contributed by atoms with E-state index in [1.165, 1.54) is 0 Å². The summed E-state index contributed by atoms with van der Waals surface area (Å²) in [6.45, 7) is 8.84. The lowest BCUT2D eigenvalue weighted by atomic mass is 9.85. The van der Waals surface area contributed by atoms with Gasteiger partial charge in [-0.25, -0.2) is 4.98 Å². The highest BCUT2D eigenvalue weighted by Crippen LogP contribution is 2.27. The van der Waals surface area contributed by atoms with E-state index in [9.17, 15) is 0 Å². The van der Waals surface area contributed by atoms with Crippen molar-refractivity contribution in [2.24, 2.45) is 5.41 Å². The van der Waals surface area contributed by atoms with Crippen LogP contribution >= 0.6 is 11.3 Å². The number of anilines is 1. The summed E-state index contributed by atoms with van der Waals surface area (Å²) in [5, 5.41) is 15.5. The van der Waals surface area contributed by atoms with Crippen LogP contribution in [0.1, 0.15) is 39.8 Å². The summed E-state index contributed by atoms with van der Waals surface area (Å²) < 4.78 is 0. The van der Waals surface area contributed by atoms with Crippen molar-refractivity contribution in [2.45, 2.75) is 46.6 Å². The van der Waals surface area contributed by atoms with Crippen LogP contribution in [0.4, 0.5) is 5.13 Å². The summed E-state index contributed by atoms with van der Waals surface area (Å²) in [6.07, 6.45) is 1.73. The summed E-state index contributed by atoms with van der Waals surface area (Å²) in [7, 11) is 0. The normalized spacial score (nSPS) is 13.8. The van der Waals surface area contributed by atoms with Gasteiger partial charge in [-0.15, -0.1) is 11.3 Å². The number of aliphatic hydroxyl groups is 1. The largest absolute Gasteiger partial charge is 0.396 e. The second kappa shape index (κ2) is 5.64. The first-order chi connectivity index (χ1) is 7.47. The van der Waals surface area contributed by atoms with E-state index in [1.807, 2.05) is 0 Å². The van der Waals surface area contributed by atoms with Crippen LogP contribution in [0.5, 0.6) is 0 Å². The van der Waals surface area contributed by atoms with Crippen LogP contribution < -0.4 is 5.32 Å². The van der Waals surface area contributed by atoms with Crippen LogP contribution in [0.3, 0.4) is 0 Å². The van der Waals surface area contributed by atoms with Crippen molar-refractivity contribution in [1.82, 2.24) is 4.98 Å². The molecular formula is C12H22N2OS. The fourth-order valence-electron chi connectivity index (χ4n) is 1.54. The van der Waals surface area contributed by atoms with Gasteiger partial charge in [-0.2, -0.15) is 0 Å². The lowest BCUT2D eigenvalue weighted by Gasteiger charge is -2.30. The fraction of sp³-hybridized carbons (Fsp3) is 0.750. The van der Waals surface area contributed by atoms with E-state index in [1.54, 1.807) is 11.3 Å². The first-order valence-corrected chi connectivity index (χ1v) is 6.67. The third-order valence-electron chi connectivity index (χ3n) is 2.67. The molecule has 0 aliphatic carbocycles. The molecule has 1 atom stereocenters. The number of aliphatic hydroxyl groups excluding tert-OH is 1. The molecule has 0 aliphatic heterocycles. The Morgan fingerprint density at radius 2 is 2.19 bits per heavy atom. The van der Waals surface area contributed by atoms with Gasteiger partial charge in [0.25, 0.3) is 0 Å². The molecule has 16 heavy (non-hydrogen) atoms. The maximum atomic E-state index is 9.07. The number of thiazole rings is 1. The van der Waals surface area contributed by atoms with Crippen molar-refractivity contribution in [1.29, 1.82) is 0 Å². The quantitative estimate of drug-likeness (QED) is 0.834. The lowest BCUT2D eigenvalue weighted by Crippen LogP contribution is -2.34. The third kappa shape index (κ3) is 3.76. The molecule has 0 radical (unpaired) electrons. The Morgan fingerprint density at radius 1 is 1.50 bits per heavy atom. The van der Waals surface area contributed by atoms with Crippen LogP contribution in [-0.2, 0) is 6.42 Å². The highest BCUT2D eigenvalue weighted by molar-refractivity contribution is 7.13. The molecule has 3 nitrogen and oxygen atoms in total. The average molecular weight is 242 g/mol. The van der Waals surface area contributed by atoms with Crippen LogP contribution in [0.25, 0.3) is 0 Å². The molecule has 0 aliphatic rings. The van der Waals surface area contributed by atoms with Gasteiger partial charge in [0.1, 0.15) is 0 Å². The molecule has 1 heterocycles. The summed E-state index contributed by atoms with van der Waals surface area (Å²) in [4.78, 5) is 4.49. The Bertz CT molecular complexity index is 317. The smallest absolute Gasteiger partial charge is 0.183 e. The summed E-state index contributed by atoms with van der Waals surface area (Å²) in [5.74, 6) is 0. The van der Waals surface area contributed by atoms with Gasteiger partial charge < -0.3 is 10.4 Å². The van der Waals surface area contributed by atoms with Gasteiger partial charge in [0.15, 0.2) is 5.13 Å². The molecule has 0 fully saturated rings. The Balaban J connectivity index is 2.67. The molecule has 0 saturated carbocycles. The zero-order valence-corrected chi connectivity index (χ0v) is 11.4. The second-order valence-electron chi connectivity index (χ2n) is 5.07. The maximum absolute atomic E-state index is 9.07. The number of aryl methyl sites for hydroxylation is 1. The Labute approximate surface area is 102 Å². The standard InChI is InChI=1S/C12H22N2OS/c1-5-9-8-16-11(13-9)14-10(6-7-15)12(2,3)4/h8,10,15H,5-7H2,1-4H3,(H,13,14). The minimum atomic E-state index is 0.126. The molecule has 1 aromatic heterocycles. The molecule has 0 spiro atoms. The van der Waals surface area contributed by atoms with E-state index < -0.39 is 0 Å². The number of hydrogen-bond acceptors (Lipinski definition) is 4. The number of hydrogen-bond donors (Lipinski definition) is 2. The molecule has 4 heteroatoms. The Hall–Kier alpha value is -0.610. The Morgan fingerprint density at radius 3 is 2.62 bits per heavy atom. The van der Waals surface area contributed by atoms with Crippen molar-refractivity contribution in [3.63, 3.8) is 0 Å². The first-order valence-electron chi connectivity index (χ1n) is 5.79. The van der Waals surface area contributed by atoms with Gasteiger partial charge in [-0.05, 0) is 18.3 Å². The maximum Gasteiger partial charge on any atom is 0.183 e. The fourth-order valence-corrected chi connectivity index (χ4v) is 2.38. The van der Waals surface area contributed by atoms with Crippen molar-refractivity contribution < 1.29 is 5.11 Å². The van der Waals surface area contributed by atoms with Gasteiger partial charge in [0.05, 0.1) is 5.69 Å². The topological polar surface area (TPSA) is 45.1 Å². The zero-order valence-electron chi connectivity index (χ0n) is 10.6. The minimum Gasteiger partial charge on any atom is -0.396 e. The van der Waals surface area contributed by atoms with Crippen molar-refractivity contribution in [2.75, 3.05) is 11.9 Å². The Kier molecular flexibility index (Phi) is 4.74. The molecule has 2 N–H and O–H groups in total. The first kappa shape index (κ1) is 13.5. The van der Waals surface area contributed by atoms with Crippen LogP contribution in [0.15, 0.2) is 5.38 Å². The highest BCUT2D eigenvalue weighted by Gasteiger charge is 2.24. The molecule has 0 amide bonds. The van der Waals surface area contributed by atoms with Gasteiger partial charge in [0, 0.05) is 18.0 Å². The molecule has 0 saturated heterocycles. The summed E-state index contributed by atoms with van der Waals surface area (Å²) in [5.41, 5.74) is 1.25. The van der Waals surface area contributed by atoms with E-state index in [-0.39, 0.29) is 18.1 Å². The number of nitrogens with zero attached hydrogens (tertiary/aromatic N) is 1. The SMILES string of the molecule is CCc1csc(NC(CCO)C(C)(C)C)n1. The predicted octanol–water partition coefficient (Wildman–Crippen LogP) is 2.91. The van der Waals surface area contributed by atoms with Crippen LogP contribution in [0, 0.1) is 5.41 Å². The van der Waals surface area contributed by atoms with Gasteiger partial charge in [0.2, 0.25) is 0 Å². The third-order valence-corrected chi connectivity index (χ3v) is 3.50. The summed E-state index contributed by atoms with van der Waals surface area (Å²) in [6, 6.07) is 0.258. The molecular weight excluding hydrogens is 220 g/mol. The van der Waals surface area contributed by atoms with Gasteiger partial charge in [-0.3, -0.25) is 0 Å². The van der Waals surface area contributed by atoms with E-state index in [4.69, 9.17) is 5.11 Å². The van der Waals surface area contributed by atoms with Crippen molar-refractivity contribution in [3.8, 4) is 0 Å². The zero-order chi connectivity index (χ0) is 12.2. The molecule has 0 aromatic carbocycles. The number of rotatable bonds is 5. The van der Waals surface area contributed by atoms with Crippen molar-refractivity contribution in [3.05, 3.63) is 11.1 Å². The monoisotopic (exact) mass is 242 g/mol. The molecule has 1 unspecified atom stereocenters. The van der Waals surface area contributed by atoms with Gasteiger partial charge >= 0.3 is 0 Å². The average Bonchev–Trinajstić information content (AvgIpc) is 2.63. The van der Waals surface area contributed by atoms with Crippen LogP contribution in [-0.4, -0.2) is 22.7 Å². The highest BCUT2D eigenvalue weighted by atomic mass is 32.1. The van der Waals surface area contributed by atoms with E-state index >= 15 is 0 Å². The van der Waals surface area contributed by atoms with E-state index in [0.717, 1.165) is 23.7 Å². The molecule has 1 aromatic rings. The van der Waals surface area contributed by atoms with E-state index in [0.29, 0.717) is 0 Å². The predicted molar refractivity (Wildman–Crippen MR) is 70.1 cm³/mol. The van der Waals surface area contributed by atoms with Gasteiger partial charge in [-0.1, -0.05) is 27.7 Å². The molecule has 92 valence electrons. The van der Waals surface area contributed by atoms with Crippen LogP contribution in [0.2, 0.25) is 0 Å². The lowest BCUT2D eigenvalue weighted by molar-refractivity contribution is 0.235. The summed E-state index contributed by atoms with van der Waals surface area (Å²) >= 11 is 1.64. The number of nitrogens with one attached hydrogen (secondary N) is 1.